The molecule has 0 fully saturated rings. The van der Waals surface area contributed by atoms with Crippen LogP contribution in [0.2, 0.25) is 0 Å². The first kappa shape index (κ1) is 17.0. The first-order chi connectivity index (χ1) is 12.7. The second-order valence-electron chi connectivity index (χ2n) is 6.61. The summed E-state index contributed by atoms with van der Waals surface area (Å²) in [6.45, 7) is 2.66. The monoisotopic (exact) mass is 366 g/mol. The highest BCUT2D eigenvalue weighted by molar-refractivity contribution is 7.71. The van der Waals surface area contributed by atoms with Crippen molar-refractivity contribution in [2.45, 2.75) is 19.6 Å². The number of methoxy groups -OCH3 is 1. The molecule has 2 heterocycles. The molecule has 0 spiro atoms. The maximum atomic E-state index is 5.62. The predicted molar refractivity (Wildman–Crippen MR) is 105 cm³/mol. The SMILES string of the molecule is COc1ccc(-c2nn(CN3CCc4ccccc4C3)c(=S)n2C)cc1. The molecule has 0 radical (unpaired) electrons. The molecule has 2 aromatic carbocycles. The standard InChI is InChI=1S/C20H22N4OS/c1-22-19(16-7-9-18(25-2)10-8-16)21-24(20(22)26)14-23-12-11-15-5-3-4-6-17(15)13-23/h3-10H,11-14H2,1-2H3. The third kappa shape index (κ3) is 3.18. The lowest BCUT2D eigenvalue weighted by molar-refractivity contribution is 0.188. The zero-order valence-electron chi connectivity index (χ0n) is 15.1. The molecule has 0 atom stereocenters. The molecule has 4 rings (SSSR count). The van der Waals surface area contributed by atoms with Crippen molar-refractivity contribution in [3.63, 3.8) is 0 Å². The van der Waals surface area contributed by atoms with Gasteiger partial charge in [-0.1, -0.05) is 24.3 Å². The lowest BCUT2D eigenvalue weighted by Gasteiger charge is -2.28. The van der Waals surface area contributed by atoms with Crippen LogP contribution in [0.4, 0.5) is 0 Å². The van der Waals surface area contributed by atoms with E-state index in [-0.39, 0.29) is 0 Å². The van der Waals surface area contributed by atoms with Gasteiger partial charge in [0.25, 0.3) is 0 Å². The number of hydrogen-bond acceptors (Lipinski definition) is 4. The van der Waals surface area contributed by atoms with Crippen molar-refractivity contribution in [2.75, 3.05) is 13.7 Å². The Morgan fingerprint density at radius 2 is 1.81 bits per heavy atom. The van der Waals surface area contributed by atoms with Gasteiger partial charge in [-0.05, 0) is 54.0 Å². The number of rotatable bonds is 4. The summed E-state index contributed by atoms with van der Waals surface area (Å²) in [5, 5.41) is 4.78. The number of nitrogens with zero attached hydrogens (tertiary/aromatic N) is 4. The maximum Gasteiger partial charge on any atom is 0.199 e. The Morgan fingerprint density at radius 1 is 1.08 bits per heavy atom. The van der Waals surface area contributed by atoms with E-state index in [1.165, 1.54) is 11.1 Å². The van der Waals surface area contributed by atoms with Crippen LogP contribution in [0.3, 0.4) is 0 Å². The molecule has 0 bridgehead atoms. The van der Waals surface area contributed by atoms with Crippen molar-refractivity contribution in [3.8, 4) is 17.1 Å². The number of benzene rings is 2. The van der Waals surface area contributed by atoms with Crippen molar-refractivity contribution in [2.24, 2.45) is 7.05 Å². The molecule has 0 saturated heterocycles. The molecule has 134 valence electrons. The zero-order chi connectivity index (χ0) is 18.1. The van der Waals surface area contributed by atoms with Gasteiger partial charge in [-0.2, -0.15) is 5.10 Å². The number of ether oxygens (including phenoxy) is 1. The van der Waals surface area contributed by atoms with E-state index in [9.17, 15) is 0 Å². The lowest BCUT2D eigenvalue weighted by atomic mass is 10.0. The Labute approximate surface area is 158 Å². The fourth-order valence-corrected chi connectivity index (χ4v) is 3.62. The molecule has 1 aromatic heterocycles. The Morgan fingerprint density at radius 3 is 2.54 bits per heavy atom. The van der Waals surface area contributed by atoms with E-state index in [0.717, 1.165) is 41.4 Å². The number of fused-ring (bicyclic) bond motifs is 1. The highest BCUT2D eigenvalue weighted by atomic mass is 32.1. The van der Waals surface area contributed by atoms with Gasteiger partial charge in [0.05, 0.1) is 13.8 Å². The van der Waals surface area contributed by atoms with E-state index in [1.54, 1.807) is 7.11 Å². The molecule has 0 unspecified atom stereocenters. The van der Waals surface area contributed by atoms with Gasteiger partial charge in [-0.15, -0.1) is 0 Å². The van der Waals surface area contributed by atoms with Crippen molar-refractivity contribution < 1.29 is 4.74 Å². The average Bonchev–Trinajstić information content (AvgIpc) is 2.96. The van der Waals surface area contributed by atoms with Crippen molar-refractivity contribution in [3.05, 3.63) is 64.4 Å². The first-order valence-electron chi connectivity index (χ1n) is 8.73. The molecular weight excluding hydrogens is 344 g/mol. The minimum atomic E-state index is 0.706. The summed E-state index contributed by atoms with van der Waals surface area (Å²) >= 11 is 5.62. The quantitative estimate of drug-likeness (QED) is 0.661. The van der Waals surface area contributed by atoms with E-state index in [2.05, 4.69) is 29.2 Å². The number of hydrogen-bond donors (Lipinski definition) is 0. The highest BCUT2D eigenvalue weighted by Crippen LogP contribution is 2.22. The molecule has 1 aliphatic rings. The van der Waals surface area contributed by atoms with Gasteiger partial charge in [0, 0.05) is 25.7 Å². The second-order valence-corrected chi connectivity index (χ2v) is 6.97. The molecule has 0 saturated carbocycles. The van der Waals surface area contributed by atoms with E-state index in [0.29, 0.717) is 6.67 Å². The molecule has 0 amide bonds. The average molecular weight is 366 g/mol. The van der Waals surface area contributed by atoms with Gasteiger partial charge in [0.1, 0.15) is 5.75 Å². The zero-order valence-corrected chi connectivity index (χ0v) is 15.9. The highest BCUT2D eigenvalue weighted by Gasteiger charge is 2.18. The van der Waals surface area contributed by atoms with Crippen molar-refractivity contribution in [1.82, 2.24) is 19.2 Å². The Hall–Kier alpha value is -2.44. The van der Waals surface area contributed by atoms with Crippen LogP contribution in [0.25, 0.3) is 11.4 Å². The minimum Gasteiger partial charge on any atom is -0.497 e. The molecule has 1 aliphatic heterocycles. The Bertz CT molecular complexity index is 974. The molecule has 26 heavy (non-hydrogen) atoms. The van der Waals surface area contributed by atoms with Crippen LogP contribution in [0.1, 0.15) is 11.1 Å². The largest absolute Gasteiger partial charge is 0.497 e. The fraction of sp³-hybridized carbons (Fsp3) is 0.300. The van der Waals surface area contributed by atoms with E-state index >= 15 is 0 Å². The second kappa shape index (κ2) is 7.05. The van der Waals surface area contributed by atoms with Crippen molar-refractivity contribution >= 4 is 12.2 Å². The van der Waals surface area contributed by atoms with Crippen LogP contribution in [0.5, 0.6) is 5.75 Å². The van der Waals surface area contributed by atoms with Crippen LogP contribution < -0.4 is 4.74 Å². The molecule has 3 aromatic rings. The first-order valence-corrected chi connectivity index (χ1v) is 9.14. The summed E-state index contributed by atoms with van der Waals surface area (Å²) in [7, 11) is 3.64. The van der Waals surface area contributed by atoms with Gasteiger partial charge in [0.2, 0.25) is 0 Å². The molecular formula is C20H22N4OS. The van der Waals surface area contributed by atoms with Crippen LogP contribution in [-0.2, 0) is 26.7 Å². The smallest absolute Gasteiger partial charge is 0.199 e. The fourth-order valence-electron chi connectivity index (χ4n) is 3.44. The van der Waals surface area contributed by atoms with Crippen molar-refractivity contribution in [1.29, 1.82) is 0 Å². The van der Waals surface area contributed by atoms with Gasteiger partial charge in [-0.3, -0.25) is 4.90 Å². The summed E-state index contributed by atoms with van der Waals surface area (Å²) in [6, 6.07) is 16.6. The Kier molecular flexibility index (Phi) is 4.61. The molecule has 6 heteroatoms. The van der Waals surface area contributed by atoms with Crippen LogP contribution >= 0.6 is 12.2 Å². The molecule has 5 nitrogen and oxygen atoms in total. The Balaban J connectivity index is 1.57. The summed E-state index contributed by atoms with van der Waals surface area (Å²) < 4.78 is 9.85. The van der Waals surface area contributed by atoms with Gasteiger partial charge in [0.15, 0.2) is 10.6 Å². The van der Waals surface area contributed by atoms with E-state index < -0.39 is 0 Å². The molecule has 0 aliphatic carbocycles. The predicted octanol–water partition coefficient (Wildman–Crippen LogP) is 3.64. The van der Waals surface area contributed by atoms with Crippen LogP contribution in [-0.4, -0.2) is 32.9 Å². The van der Waals surface area contributed by atoms with E-state index in [1.807, 2.05) is 40.6 Å². The summed E-state index contributed by atoms with van der Waals surface area (Å²) in [6.07, 6.45) is 1.07. The maximum absolute atomic E-state index is 5.62. The summed E-state index contributed by atoms with van der Waals surface area (Å²) in [4.78, 5) is 2.39. The van der Waals surface area contributed by atoms with Gasteiger partial charge in [-0.25, -0.2) is 4.68 Å². The third-order valence-corrected chi connectivity index (χ3v) is 5.42. The summed E-state index contributed by atoms with van der Waals surface area (Å²) in [5.41, 5.74) is 3.88. The summed E-state index contributed by atoms with van der Waals surface area (Å²) in [5.74, 6) is 1.71. The van der Waals surface area contributed by atoms with Crippen LogP contribution in [0, 0.1) is 4.77 Å². The minimum absolute atomic E-state index is 0.706. The van der Waals surface area contributed by atoms with Gasteiger partial charge >= 0.3 is 0 Å². The third-order valence-electron chi connectivity index (χ3n) is 4.93. The van der Waals surface area contributed by atoms with Crippen LogP contribution in [0.15, 0.2) is 48.5 Å². The molecule has 0 N–H and O–H groups in total. The number of aromatic nitrogens is 3. The normalized spacial score (nSPS) is 14.2. The lowest BCUT2D eigenvalue weighted by Crippen LogP contribution is -2.32. The van der Waals surface area contributed by atoms with E-state index in [4.69, 9.17) is 22.1 Å². The van der Waals surface area contributed by atoms with Gasteiger partial charge < -0.3 is 9.30 Å². The topological polar surface area (TPSA) is 35.2 Å².